The van der Waals surface area contributed by atoms with Gasteiger partial charge in [0.05, 0.1) is 18.0 Å². The summed E-state index contributed by atoms with van der Waals surface area (Å²) >= 11 is 0. The van der Waals surface area contributed by atoms with Gasteiger partial charge in [-0.2, -0.15) is 5.10 Å². The molecule has 78 valence electrons. The van der Waals surface area contributed by atoms with Crippen molar-refractivity contribution >= 4 is 11.7 Å². The number of esters is 1. The summed E-state index contributed by atoms with van der Waals surface area (Å²) in [6, 6.07) is 0. The largest absolute Gasteiger partial charge is 0.458 e. The highest BCUT2D eigenvalue weighted by Crippen LogP contribution is 2.10. The molecule has 5 heteroatoms. The monoisotopic (exact) mass is 197 g/mol. The molecule has 1 aromatic heterocycles. The van der Waals surface area contributed by atoms with Gasteiger partial charge in [-0.3, -0.25) is 5.10 Å². The summed E-state index contributed by atoms with van der Waals surface area (Å²) in [7, 11) is 0. The number of aromatic amines is 1. The van der Waals surface area contributed by atoms with Crippen molar-refractivity contribution in [2.24, 2.45) is 0 Å². The first-order valence-corrected chi connectivity index (χ1v) is 4.65. The maximum Gasteiger partial charge on any atom is 0.358 e. The Bertz CT molecular complexity index is 309. The van der Waals surface area contributed by atoms with Crippen LogP contribution in [0.4, 0.5) is 5.69 Å². The van der Waals surface area contributed by atoms with Gasteiger partial charge in [0, 0.05) is 0 Å². The van der Waals surface area contributed by atoms with Crippen molar-refractivity contribution in [1.29, 1.82) is 0 Å². The lowest BCUT2D eigenvalue weighted by atomic mass is 10.2. The van der Waals surface area contributed by atoms with E-state index >= 15 is 0 Å². The zero-order chi connectivity index (χ0) is 10.6. The number of aromatic nitrogens is 2. The molecular formula is C9H15N3O2. The number of rotatable bonds is 4. The lowest BCUT2D eigenvalue weighted by molar-refractivity contribution is 0.0318. The van der Waals surface area contributed by atoms with Gasteiger partial charge in [-0.1, -0.05) is 13.3 Å². The van der Waals surface area contributed by atoms with Crippen LogP contribution in [0.2, 0.25) is 0 Å². The summed E-state index contributed by atoms with van der Waals surface area (Å²) in [5, 5.41) is 6.15. The van der Waals surface area contributed by atoms with Crippen molar-refractivity contribution in [3.8, 4) is 0 Å². The number of nitrogens with zero attached hydrogens (tertiary/aromatic N) is 1. The Labute approximate surface area is 82.6 Å². The molecule has 0 amide bonds. The van der Waals surface area contributed by atoms with E-state index in [9.17, 15) is 4.79 Å². The number of H-pyrrole nitrogens is 1. The zero-order valence-electron chi connectivity index (χ0n) is 8.41. The summed E-state index contributed by atoms with van der Waals surface area (Å²) in [4.78, 5) is 11.4. The van der Waals surface area contributed by atoms with Crippen LogP contribution in [0.3, 0.4) is 0 Å². The molecule has 0 fully saturated rings. The minimum atomic E-state index is -0.444. The van der Waals surface area contributed by atoms with Crippen LogP contribution in [0.25, 0.3) is 0 Å². The van der Waals surface area contributed by atoms with Gasteiger partial charge < -0.3 is 10.5 Å². The fourth-order valence-corrected chi connectivity index (χ4v) is 1.17. The third-order valence-electron chi connectivity index (χ3n) is 1.88. The van der Waals surface area contributed by atoms with E-state index in [1.165, 1.54) is 6.20 Å². The van der Waals surface area contributed by atoms with Crippen LogP contribution in [-0.2, 0) is 4.74 Å². The molecule has 14 heavy (non-hydrogen) atoms. The molecule has 0 aromatic carbocycles. The smallest absolute Gasteiger partial charge is 0.358 e. The molecule has 3 N–H and O–H groups in total. The second-order valence-electron chi connectivity index (χ2n) is 3.20. The first-order valence-electron chi connectivity index (χ1n) is 4.65. The molecule has 0 bridgehead atoms. The second kappa shape index (κ2) is 4.64. The Morgan fingerprint density at radius 3 is 3.00 bits per heavy atom. The average Bonchev–Trinajstić information content (AvgIpc) is 2.51. The number of ether oxygens (including phenoxy) is 1. The number of nitrogens with one attached hydrogen (secondary N) is 1. The molecule has 1 unspecified atom stereocenters. The van der Waals surface area contributed by atoms with Crippen molar-refractivity contribution in [2.75, 3.05) is 5.73 Å². The third-order valence-corrected chi connectivity index (χ3v) is 1.88. The maximum atomic E-state index is 11.4. The molecule has 1 rings (SSSR count). The summed E-state index contributed by atoms with van der Waals surface area (Å²) < 4.78 is 5.13. The number of hydrogen-bond donors (Lipinski definition) is 2. The molecular weight excluding hydrogens is 182 g/mol. The van der Waals surface area contributed by atoms with E-state index in [-0.39, 0.29) is 11.8 Å². The molecule has 0 radical (unpaired) electrons. The van der Waals surface area contributed by atoms with Crippen LogP contribution in [0.1, 0.15) is 37.2 Å². The van der Waals surface area contributed by atoms with E-state index in [2.05, 4.69) is 10.2 Å². The van der Waals surface area contributed by atoms with Crippen molar-refractivity contribution < 1.29 is 9.53 Å². The first kappa shape index (κ1) is 10.6. The Morgan fingerprint density at radius 2 is 2.50 bits per heavy atom. The summed E-state index contributed by atoms with van der Waals surface area (Å²) in [5.74, 6) is -0.444. The van der Waals surface area contributed by atoms with Crippen LogP contribution in [0, 0.1) is 0 Å². The van der Waals surface area contributed by atoms with Gasteiger partial charge in [0.15, 0.2) is 5.69 Å². The van der Waals surface area contributed by atoms with Gasteiger partial charge in [-0.05, 0) is 13.3 Å². The first-order chi connectivity index (χ1) is 6.65. The third kappa shape index (κ3) is 2.48. The van der Waals surface area contributed by atoms with E-state index in [0.717, 1.165) is 12.8 Å². The second-order valence-corrected chi connectivity index (χ2v) is 3.20. The predicted molar refractivity (Wildman–Crippen MR) is 52.8 cm³/mol. The fourth-order valence-electron chi connectivity index (χ4n) is 1.17. The molecule has 1 atom stereocenters. The maximum absolute atomic E-state index is 11.4. The van der Waals surface area contributed by atoms with Crippen molar-refractivity contribution in [2.45, 2.75) is 32.8 Å². The van der Waals surface area contributed by atoms with E-state index in [4.69, 9.17) is 10.5 Å². The van der Waals surface area contributed by atoms with Crippen molar-refractivity contribution in [3.63, 3.8) is 0 Å². The highest BCUT2D eigenvalue weighted by Gasteiger charge is 2.15. The van der Waals surface area contributed by atoms with Gasteiger partial charge in [0.1, 0.15) is 0 Å². The van der Waals surface area contributed by atoms with Crippen LogP contribution in [0.5, 0.6) is 0 Å². The molecule has 0 spiro atoms. The molecule has 5 nitrogen and oxygen atoms in total. The Kier molecular flexibility index (Phi) is 3.50. The molecule has 0 saturated carbocycles. The Morgan fingerprint density at radius 1 is 1.79 bits per heavy atom. The standard InChI is InChI=1S/C9H15N3O2/c1-3-4-6(2)14-9(13)8-7(10)5-11-12-8/h5-6H,3-4,10H2,1-2H3,(H,11,12). The summed E-state index contributed by atoms with van der Waals surface area (Å²) in [6.45, 7) is 3.89. The van der Waals surface area contributed by atoms with Crippen molar-refractivity contribution in [3.05, 3.63) is 11.9 Å². The SMILES string of the molecule is CCCC(C)OC(=O)c1[nH]ncc1N. The number of carbonyl (C=O) groups is 1. The van der Waals surface area contributed by atoms with E-state index in [0.29, 0.717) is 5.69 Å². The number of anilines is 1. The van der Waals surface area contributed by atoms with E-state index < -0.39 is 5.97 Å². The quantitative estimate of drug-likeness (QED) is 0.713. The van der Waals surface area contributed by atoms with Gasteiger partial charge >= 0.3 is 5.97 Å². The molecule has 0 aliphatic carbocycles. The number of nitrogens with two attached hydrogens (primary N) is 1. The van der Waals surface area contributed by atoms with E-state index in [1.807, 2.05) is 13.8 Å². The highest BCUT2D eigenvalue weighted by molar-refractivity contribution is 5.92. The number of carbonyl (C=O) groups excluding carboxylic acids is 1. The van der Waals surface area contributed by atoms with Gasteiger partial charge in [-0.25, -0.2) is 4.79 Å². The lowest BCUT2D eigenvalue weighted by Crippen LogP contribution is -2.16. The fraction of sp³-hybridized carbons (Fsp3) is 0.556. The van der Waals surface area contributed by atoms with Gasteiger partial charge in [0.2, 0.25) is 0 Å². The van der Waals surface area contributed by atoms with Gasteiger partial charge in [-0.15, -0.1) is 0 Å². The lowest BCUT2D eigenvalue weighted by Gasteiger charge is -2.10. The molecule has 0 aliphatic rings. The Hall–Kier alpha value is -1.52. The number of hydrogen-bond acceptors (Lipinski definition) is 4. The predicted octanol–water partition coefficient (Wildman–Crippen LogP) is 1.34. The minimum absolute atomic E-state index is 0.0878. The molecule has 1 aromatic rings. The summed E-state index contributed by atoms with van der Waals surface area (Å²) in [5.41, 5.74) is 6.04. The van der Waals surface area contributed by atoms with Crippen molar-refractivity contribution in [1.82, 2.24) is 10.2 Å². The Balaban J connectivity index is 2.55. The van der Waals surface area contributed by atoms with Crippen LogP contribution < -0.4 is 5.73 Å². The van der Waals surface area contributed by atoms with E-state index in [1.54, 1.807) is 0 Å². The molecule has 0 saturated heterocycles. The minimum Gasteiger partial charge on any atom is -0.458 e. The molecule has 1 heterocycles. The normalized spacial score (nSPS) is 12.4. The van der Waals surface area contributed by atoms with Crippen LogP contribution in [0.15, 0.2) is 6.20 Å². The van der Waals surface area contributed by atoms with Gasteiger partial charge in [0.25, 0.3) is 0 Å². The topological polar surface area (TPSA) is 81.0 Å². The van der Waals surface area contributed by atoms with Crippen LogP contribution in [-0.4, -0.2) is 22.3 Å². The number of nitrogen functional groups attached to an aromatic ring is 1. The summed E-state index contributed by atoms with van der Waals surface area (Å²) in [6.07, 6.45) is 3.13. The van der Waals surface area contributed by atoms with Crippen LogP contribution >= 0.6 is 0 Å². The zero-order valence-corrected chi connectivity index (χ0v) is 8.41. The average molecular weight is 197 g/mol. The molecule has 0 aliphatic heterocycles. The highest BCUT2D eigenvalue weighted by atomic mass is 16.5.